The number of rotatable bonds is 4. The number of hydrogen-bond donors (Lipinski definition) is 1. The van der Waals surface area contributed by atoms with Crippen LogP contribution in [0.15, 0.2) is 4.90 Å². The normalized spacial score (nSPS) is 12.4. The van der Waals surface area contributed by atoms with E-state index in [1.54, 1.807) is 18.5 Å². The van der Waals surface area contributed by atoms with E-state index in [2.05, 4.69) is 18.9 Å². The van der Waals surface area contributed by atoms with Crippen LogP contribution in [0.4, 0.5) is 0 Å². The van der Waals surface area contributed by atoms with Crippen molar-refractivity contribution in [3.8, 4) is 0 Å². The number of nitrogens with two attached hydrogens (primary N) is 1. The van der Waals surface area contributed by atoms with E-state index in [0.717, 1.165) is 12.8 Å². The van der Waals surface area contributed by atoms with E-state index in [-0.39, 0.29) is 10.9 Å². The van der Waals surface area contributed by atoms with Crippen molar-refractivity contribution in [3.05, 3.63) is 11.4 Å². The molecule has 16 heavy (non-hydrogen) atoms. The van der Waals surface area contributed by atoms with E-state index < -0.39 is 10.0 Å². The zero-order valence-electron chi connectivity index (χ0n) is 10.2. The van der Waals surface area contributed by atoms with Gasteiger partial charge in [0.05, 0.1) is 17.4 Å². The average Bonchev–Trinajstić information content (AvgIpc) is 2.43. The molecule has 0 aliphatic rings. The molecule has 5 nitrogen and oxygen atoms in total. The van der Waals surface area contributed by atoms with Crippen molar-refractivity contribution in [2.45, 2.75) is 51.5 Å². The number of aromatic nitrogens is 2. The molecule has 0 fully saturated rings. The molecule has 0 aliphatic carbocycles. The van der Waals surface area contributed by atoms with Crippen LogP contribution < -0.4 is 5.14 Å². The van der Waals surface area contributed by atoms with Gasteiger partial charge in [-0.25, -0.2) is 13.6 Å². The predicted molar refractivity (Wildman–Crippen MR) is 62.7 cm³/mol. The number of nitrogens with zero attached hydrogens (tertiary/aromatic N) is 2. The van der Waals surface area contributed by atoms with Crippen LogP contribution in [0.1, 0.15) is 44.1 Å². The number of sulfonamides is 1. The van der Waals surface area contributed by atoms with Gasteiger partial charge in [-0.1, -0.05) is 13.8 Å². The lowest BCUT2D eigenvalue weighted by Gasteiger charge is -2.15. The summed E-state index contributed by atoms with van der Waals surface area (Å²) in [6.45, 7) is 7.53. The molecule has 0 unspecified atom stereocenters. The van der Waals surface area contributed by atoms with E-state index in [1.165, 1.54) is 0 Å². The SMILES string of the molecule is CCC(CC)n1nc(C)c(S(N)(=O)=O)c1C. The molecule has 0 atom stereocenters. The van der Waals surface area contributed by atoms with Crippen LogP contribution in [0.25, 0.3) is 0 Å². The third-order valence-corrected chi connectivity index (χ3v) is 3.99. The fourth-order valence-electron chi connectivity index (χ4n) is 2.05. The smallest absolute Gasteiger partial charge is 0.241 e. The van der Waals surface area contributed by atoms with Gasteiger partial charge < -0.3 is 0 Å². The maximum absolute atomic E-state index is 11.4. The van der Waals surface area contributed by atoms with Crippen LogP contribution in [0.3, 0.4) is 0 Å². The molecule has 0 aromatic carbocycles. The maximum Gasteiger partial charge on any atom is 0.241 e. The minimum Gasteiger partial charge on any atom is -0.265 e. The maximum atomic E-state index is 11.4. The molecule has 0 saturated heterocycles. The van der Waals surface area contributed by atoms with E-state index in [1.807, 2.05) is 0 Å². The first-order valence-corrected chi connectivity index (χ1v) is 6.96. The Bertz CT molecular complexity index is 472. The molecule has 1 heterocycles. The van der Waals surface area contributed by atoms with Crippen molar-refractivity contribution in [3.63, 3.8) is 0 Å². The van der Waals surface area contributed by atoms with Crippen LogP contribution in [0.2, 0.25) is 0 Å². The van der Waals surface area contributed by atoms with Crippen molar-refractivity contribution in [2.75, 3.05) is 0 Å². The Labute approximate surface area is 96.7 Å². The van der Waals surface area contributed by atoms with E-state index in [9.17, 15) is 8.42 Å². The fourth-order valence-corrected chi connectivity index (χ4v) is 3.01. The Balaban J connectivity index is 3.38. The lowest BCUT2D eigenvalue weighted by atomic mass is 10.2. The minimum absolute atomic E-state index is 0.166. The second-order valence-electron chi connectivity index (χ2n) is 3.96. The van der Waals surface area contributed by atoms with Crippen molar-refractivity contribution in [2.24, 2.45) is 5.14 Å². The van der Waals surface area contributed by atoms with Gasteiger partial charge in [-0.05, 0) is 26.7 Å². The van der Waals surface area contributed by atoms with Gasteiger partial charge in [-0.15, -0.1) is 0 Å². The Morgan fingerprint density at radius 2 is 1.81 bits per heavy atom. The second kappa shape index (κ2) is 4.55. The molecule has 0 aliphatic heterocycles. The third kappa shape index (κ3) is 2.27. The molecular formula is C10H19N3O2S. The van der Waals surface area contributed by atoms with Crippen LogP contribution in [0, 0.1) is 13.8 Å². The van der Waals surface area contributed by atoms with Crippen molar-refractivity contribution in [1.82, 2.24) is 9.78 Å². The molecular weight excluding hydrogens is 226 g/mol. The first-order valence-electron chi connectivity index (χ1n) is 5.41. The van der Waals surface area contributed by atoms with Crippen LogP contribution >= 0.6 is 0 Å². The van der Waals surface area contributed by atoms with Crippen LogP contribution in [0.5, 0.6) is 0 Å². The highest BCUT2D eigenvalue weighted by Gasteiger charge is 2.23. The summed E-state index contributed by atoms with van der Waals surface area (Å²) < 4.78 is 24.6. The number of aryl methyl sites for hydroxylation is 1. The Kier molecular flexibility index (Phi) is 3.75. The molecule has 1 aromatic heterocycles. The lowest BCUT2D eigenvalue weighted by molar-refractivity contribution is 0.417. The van der Waals surface area contributed by atoms with E-state index in [4.69, 9.17) is 5.14 Å². The van der Waals surface area contributed by atoms with Gasteiger partial charge in [0.2, 0.25) is 10.0 Å². The Morgan fingerprint density at radius 3 is 2.12 bits per heavy atom. The zero-order valence-corrected chi connectivity index (χ0v) is 11.0. The van der Waals surface area contributed by atoms with Crippen molar-refractivity contribution < 1.29 is 8.42 Å². The molecule has 0 radical (unpaired) electrons. The van der Waals surface area contributed by atoms with Crippen LogP contribution in [-0.4, -0.2) is 18.2 Å². The summed E-state index contributed by atoms with van der Waals surface area (Å²) in [6.07, 6.45) is 1.84. The average molecular weight is 245 g/mol. The summed E-state index contributed by atoms with van der Waals surface area (Å²) in [4.78, 5) is 0.166. The summed E-state index contributed by atoms with van der Waals surface area (Å²) in [6, 6.07) is 0.231. The largest absolute Gasteiger partial charge is 0.265 e. The topological polar surface area (TPSA) is 78.0 Å². The summed E-state index contributed by atoms with van der Waals surface area (Å²) in [5, 5.41) is 9.45. The molecule has 0 amide bonds. The van der Waals surface area contributed by atoms with Gasteiger partial charge >= 0.3 is 0 Å². The predicted octanol–water partition coefficient (Wildman–Crippen LogP) is 1.51. The van der Waals surface area contributed by atoms with Gasteiger partial charge in [-0.2, -0.15) is 5.10 Å². The molecule has 0 saturated carbocycles. The van der Waals surface area contributed by atoms with Gasteiger partial charge in [0.1, 0.15) is 4.90 Å². The standard InChI is InChI=1S/C10H19N3O2S/c1-5-9(6-2)13-8(4)10(7(3)12-13)16(11,14)15/h9H,5-6H2,1-4H3,(H2,11,14,15). The molecule has 92 valence electrons. The summed E-state index contributed by atoms with van der Waals surface area (Å²) in [7, 11) is -3.68. The molecule has 1 aromatic rings. The molecule has 0 spiro atoms. The Hall–Kier alpha value is -0.880. The quantitative estimate of drug-likeness (QED) is 0.873. The van der Waals surface area contributed by atoms with Crippen molar-refractivity contribution >= 4 is 10.0 Å². The molecule has 6 heteroatoms. The van der Waals surface area contributed by atoms with Gasteiger partial charge in [0.25, 0.3) is 0 Å². The second-order valence-corrected chi connectivity index (χ2v) is 5.46. The zero-order chi connectivity index (χ0) is 12.5. The van der Waals surface area contributed by atoms with Crippen LogP contribution in [-0.2, 0) is 10.0 Å². The highest BCUT2D eigenvalue weighted by Crippen LogP contribution is 2.24. The number of hydrogen-bond acceptors (Lipinski definition) is 3. The van der Waals surface area contributed by atoms with Gasteiger partial charge in [0, 0.05) is 0 Å². The van der Waals surface area contributed by atoms with E-state index >= 15 is 0 Å². The highest BCUT2D eigenvalue weighted by molar-refractivity contribution is 7.89. The summed E-state index contributed by atoms with van der Waals surface area (Å²) in [5.74, 6) is 0. The summed E-state index contributed by atoms with van der Waals surface area (Å²) >= 11 is 0. The van der Waals surface area contributed by atoms with E-state index in [0.29, 0.717) is 11.4 Å². The first-order chi connectivity index (χ1) is 7.32. The monoisotopic (exact) mass is 245 g/mol. The summed E-state index contributed by atoms with van der Waals surface area (Å²) in [5.41, 5.74) is 1.11. The first kappa shape index (κ1) is 13.2. The third-order valence-electron chi connectivity index (χ3n) is 2.83. The molecule has 2 N–H and O–H groups in total. The fraction of sp³-hybridized carbons (Fsp3) is 0.700. The lowest BCUT2D eigenvalue weighted by Crippen LogP contribution is -2.15. The molecule has 0 bridgehead atoms. The highest BCUT2D eigenvalue weighted by atomic mass is 32.2. The minimum atomic E-state index is -3.68. The van der Waals surface area contributed by atoms with Gasteiger partial charge in [-0.3, -0.25) is 4.68 Å². The number of primary sulfonamides is 1. The van der Waals surface area contributed by atoms with Gasteiger partial charge in [0.15, 0.2) is 0 Å². The van der Waals surface area contributed by atoms with Crippen molar-refractivity contribution in [1.29, 1.82) is 0 Å². The Morgan fingerprint density at radius 1 is 1.31 bits per heavy atom. The molecule has 1 rings (SSSR count).